The molecule has 2 rings (SSSR count). The molecule has 1 aromatic carbocycles. The summed E-state index contributed by atoms with van der Waals surface area (Å²) in [6, 6.07) is 8.04. The molecule has 3 heteroatoms. The predicted molar refractivity (Wildman–Crippen MR) is 74.5 cm³/mol. The molecule has 0 atom stereocenters. The molecule has 1 heterocycles. The standard InChI is InChI=1S/C14H20BrNO/c15-13-5-7-14(8-6-13)17-12-11-16-9-3-1-2-4-10-16/h5-8H,1-4,9-12H2. The lowest BCUT2D eigenvalue weighted by Crippen LogP contribution is -2.29. The van der Waals surface area contributed by atoms with Crippen molar-refractivity contribution in [3.63, 3.8) is 0 Å². The minimum absolute atomic E-state index is 0.793. The van der Waals surface area contributed by atoms with E-state index in [0.29, 0.717) is 0 Å². The average Bonchev–Trinajstić information content (AvgIpc) is 2.60. The van der Waals surface area contributed by atoms with Crippen LogP contribution in [0.5, 0.6) is 5.75 Å². The normalized spacial score (nSPS) is 17.7. The quantitative estimate of drug-likeness (QED) is 0.840. The first-order valence-electron chi connectivity index (χ1n) is 6.45. The Bertz CT molecular complexity index is 317. The highest BCUT2D eigenvalue weighted by Crippen LogP contribution is 2.16. The van der Waals surface area contributed by atoms with E-state index in [1.807, 2.05) is 24.3 Å². The van der Waals surface area contributed by atoms with Crippen LogP contribution in [0.25, 0.3) is 0 Å². The maximum atomic E-state index is 5.74. The van der Waals surface area contributed by atoms with E-state index in [1.54, 1.807) is 0 Å². The highest BCUT2D eigenvalue weighted by molar-refractivity contribution is 9.10. The molecule has 1 fully saturated rings. The molecular formula is C14H20BrNO. The van der Waals surface area contributed by atoms with Crippen LogP contribution in [0, 0.1) is 0 Å². The summed E-state index contributed by atoms with van der Waals surface area (Å²) < 4.78 is 6.84. The van der Waals surface area contributed by atoms with Gasteiger partial charge < -0.3 is 4.74 Å². The summed E-state index contributed by atoms with van der Waals surface area (Å²) in [5.74, 6) is 0.961. The van der Waals surface area contributed by atoms with Gasteiger partial charge >= 0.3 is 0 Å². The maximum absolute atomic E-state index is 5.74. The zero-order chi connectivity index (χ0) is 11.9. The molecule has 0 saturated carbocycles. The smallest absolute Gasteiger partial charge is 0.119 e. The topological polar surface area (TPSA) is 12.5 Å². The molecule has 0 spiro atoms. The van der Waals surface area contributed by atoms with Gasteiger partial charge in [-0.2, -0.15) is 0 Å². The minimum atomic E-state index is 0.793. The lowest BCUT2D eigenvalue weighted by atomic mass is 10.2. The third-order valence-electron chi connectivity index (χ3n) is 3.19. The molecule has 0 aromatic heterocycles. The Balaban J connectivity index is 1.69. The SMILES string of the molecule is Brc1ccc(OCCN2CCCCCC2)cc1. The molecule has 0 N–H and O–H groups in total. The van der Waals surface area contributed by atoms with Gasteiger partial charge in [-0.3, -0.25) is 4.90 Å². The number of hydrogen-bond donors (Lipinski definition) is 0. The molecule has 0 unspecified atom stereocenters. The van der Waals surface area contributed by atoms with Crippen molar-refractivity contribution in [1.29, 1.82) is 0 Å². The summed E-state index contributed by atoms with van der Waals surface area (Å²) in [6.07, 6.45) is 5.48. The average molecular weight is 298 g/mol. The first kappa shape index (κ1) is 12.9. The summed E-state index contributed by atoms with van der Waals surface area (Å²) in [5.41, 5.74) is 0. The monoisotopic (exact) mass is 297 g/mol. The third-order valence-corrected chi connectivity index (χ3v) is 3.72. The summed E-state index contributed by atoms with van der Waals surface area (Å²) in [5, 5.41) is 0. The van der Waals surface area contributed by atoms with Crippen LogP contribution >= 0.6 is 15.9 Å². The molecule has 94 valence electrons. The Hall–Kier alpha value is -0.540. The Morgan fingerprint density at radius 3 is 2.29 bits per heavy atom. The second kappa shape index (κ2) is 7.02. The molecule has 0 amide bonds. The third kappa shape index (κ3) is 4.68. The van der Waals surface area contributed by atoms with Crippen molar-refractivity contribution in [3.05, 3.63) is 28.7 Å². The predicted octanol–water partition coefficient (Wildman–Crippen LogP) is 3.70. The van der Waals surface area contributed by atoms with E-state index in [9.17, 15) is 0 Å². The van der Waals surface area contributed by atoms with E-state index in [0.717, 1.165) is 23.4 Å². The van der Waals surface area contributed by atoms with Crippen molar-refractivity contribution in [1.82, 2.24) is 4.90 Å². The van der Waals surface area contributed by atoms with Gasteiger partial charge in [0.25, 0.3) is 0 Å². The number of rotatable bonds is 4. The van der Waals surface area contributed by atoms with Crippen LogP contribution in [-0.2, 0) is 0 Å². The highest BCUT2D eigenvalue weighted by atomic mass is 79.9. The number of halogens is 1. The van der Waals surface area contributed by atoms with E-state index in [1.165, 1.54) is 38.8 Å². The van der Waals surface area contributed by atoms with Gasteiger partial charge in [0.05, 0.1) is 0 Å². The van der Waals surface area contributed by atoms with Gasteiger partial charge in [0.15, 0.2) is 0 Å². The molecule has 1 saturated heterocycles. The van der Waals surface area contributed by atoms with Gasteiger partial charge in [-0.15, -0.1) is 0 Å². The maximum Gasteiger partial charge on any atom is 0.119 e. The summed E-state index contributed by atoms with van der Waals surface area (Å²) >= 11 is 3.42. The fourth-order valence-electron chi connectivity index (χ4n) is 2.18. The van der Waals surface area contributed by atoms with Gasteiger partial charge in [-0.05, 0) is 50.2 Å². The van der Waals surface area contributed by atoms with Crippen LogP contribution in [-0.4, -0.2) is 31.1 Å². The molecule has 1 aliphatic rings. The van der Waals surface area contributed by atoms with E-state index < -0.39 is 0 Å². The van der Waals surface area contributed by atoms with Crippen molar-refractivity contribution in [2.45, 2.75) is 25.7 Å². The molecule has 1 aromatic rings. The summed E-state index contributed by atoms with van der Waals surface area (Å²) in [7, 11) is 0. The van der Waals surface area contributed by atoms with E-state index in [-0.39, 0.29) is 0 Å². The van der Waals surface area contributed by atoms with Crippen molar-refractivity contribution in [2.75, 3.05) is 26.2 Å². The Labute approximate surface area is 112 Å². The van der Waals surface area contributed by atoms with Crippen LogP contribution in [0.2, 0.25) is 0 Å². The van der Waals surface area contributed by atoms with Crippen LogP contribution in [0.1, 0.15) is 25.7 Å². The van der Waals surface area contributed by atoms with E-state index in [4.69, 9.17) is 4.74 Å². The Morgan fingerprint density at radius 1 is 1.00 bits per heavy atom. The van der Waals surface area contributed by atoms with Gasteiger partial charge in [-0.25, -0.2) is 0 Å². The Morgan fingerprint density at radius 2 is 1.65 bits per heavy atom. The van der Waals surface area contributed by atoms with Crippen molar-refractivity contribution < 1.29 is 4.74 Å². The van der Waals surface area contributed by atoms with E-state index >= 15 is 0 Å². The van der Waals surface area contributed by atoms with Crippen LogP contribution in [0.3, 0.4) is 0 Å². The molecule has 17 heavy (non-hydrogen) atoms. The fourth-order valence-corrected chi connectivity index (χ4v) is 2.45. The molecule has 2 nitrogen and oxygen atoms in total. The van der Waals surface area contributed by atoms with E-state index in [2.05, 4.69) is 20.8 Å². The fraction of sp³-hybridized carbons (Fsp3) is 0.571. The summed E-state index contributed by atoms with van der Waals surface area (Å²) in [4.78, 5) is 2.52. The highest BCUT2D eigenvalue weighted by Gasteiger charge is 2.08. The summed E-state index contributed by atoms with van der Waals surface area (Å²) in [6.45, 7) is 4.32. The molecule has 1 aliphatic heterocycles. The molecule has 0 radical (unpaired) electrons. The second-order valence-electron chi connectivity index (χ2n) is 4.56. The number of ether oxygens (including phenoxy) is 1. The second-order valence-corrected chi connectivity index (χ2v) is 5.47. The van der Waals surface area contributed by atoms with Crippen molar-refractivity contribution in [3.8, 4) is 5.75 Å². The number of benzene rings is 1. The first-order chi connectivity index (χ1) is 8.34. The number of likely N-dealkylation sites (tertiary alicyclic amines) is 1. The van der Waals surface area contributed by atoms with Crippen molar-refractivity contribution in [2.24, 2.45) is 0 Å². The van der Waals surface area contributed by atoms with Crippen LogP contribution in [0.4, 0.5) is 0 Å². The van der Waals surface area contributed by atoms with Gasteiger partial charge in [0.1, 0.15) is 12.4 Å². The number of nitrogens with zero attached hydrogens (tertiary/aromatic N) is 1. The lowest BCUT2D eigenvalue weighted by molar-refractivity contribution is 0.214. The van der Waals surface area contributed by atoms with Crippen LogP contribution < -0.4 is 4.74 Å². The first-order valence-corrected chi connectivity index (χ1v) is 7.24. The number of hydrogen-bond acceptors (Lipinski definition) is 2. The van der Waals surface area contributed by atoms with Gasteiger partial charge in [0.2, 0.25) is 0 Å². The Kier molecular flexibility index (Phi) is 5.33. The molecular weight excluding hydrogens is 278 g/mol. The lowest BCUT2D eigenvalue weighted by Gasteiger charge is -2.19. The largest absolute Gasteiger partial charge is 0.492 e. The molecule has 0 aliphatic carbocycles. The van der Waals surface area contributed by atoms with Crippen LogP contribution in [0.15, 0.2) is 28.7 Å². The van der Waals surface area contributed by atoms with Crippen molar-refractivity contribution >= 4 is 15.9 Å². The molecule has 0 bridgehead atoms. The minimum Gasteiger partial charge on any atom is -0.492 e. The zero-order valence-corrected chi connectivity index (χ0v) is 11.8. The van der Waals surface area contributed by atoms with Gasteiger partial charge in [0, 0.05) is 11.0 Å². The van der Waals surface area contributed by atoms with Gasteiger partial charge in [-0.1, -0.05) is 28.8 Å². The zero-order valence-electron chi connectivity index (χ0n) is 10.2.